The zero-order valence-corrected chi connectivity index (χ0v) is 11.9. The molecule has 2 aromatic rings. The minimum absolute atomic E-state index is 0.490. The zero-order chi connectivity index (χ0) is 13.7. The molecule has 0 spiro atoms. The number of rotatable bonds is 5. The zero-order valence-electron chi connectivity index (χ0n) is 11.0. The Morgan fingerprint density at radius 2 is 2.37 bits per heavy atom. The number of carbonyl (C=O) groups excluding carboxylic acids is 1. The molecule has 2 aromatic heterocycles. The van der Waals surface area contributed by atoms with Crippen LogP contribution in [0.5, 0.6) is 5.75 Å². The molecule has 19 heavy (non-hydrogen) atoms. The third-order valence-electron chi connectivity index (χ3n) is 2.58. The largest absolute Gasteiger partial charge is 0.418 e. The molecule has 0 atom stereocenters. The molecule has 0 radical (unpaired) electrons. The molecular weight excluding hydrogens is 262 g/mol. The molecule has 0 aromatic carbocycles. The summed E-state index contributed by atoms with van der Waals surface area (Å²) >= 11 is 1.61. The van der Waals surface area contributed by atoms with Gasteiger partial charge in [-0.05, 0) is 19.4 Å². The van der Waals surface area contributed by atoms with Crippen molar-refractivity contribution >= 4 is 23.2 Å². The summed E-state index contributed by atoms with van der Waals surface area (Å²) in [5.74, 6) is 1.23. The van der Waals surface area contributed by atoms with Gasteiger partial charge in [-0.15, -0.1) is 11.3 Å². The normalized spacial score (nSPS) is 10.4. The van der Waals surface area contributed by atoms with Crippen LogP contribution in [0.3, 0.4) is 0 Å². The third kappa shape index (κ3) is 3.57. The molecule has 0 unspecified atom stereocenters. The van der Waals surface area contributed by atoms with Crippen LogP contribution < -0.4 is 10.1 Å². The summed E-state index contributed by atoms with van der Waals surface area (Å²) in [6, 6.07) is 3.64. The van der Waals surface area contributed by atoms with E-state index in [2.05, 4.69) is 17.3 Å². The summed E-state index contributed by atoms with van der Waals surface area (Å²) in [5.41, 5.74) is 0. The highest BCUT2D eigenvalue weighted by molar-refractivity contribution is 7.10. The number of ether oxygens (including phenoxy) is 1. The number of aromatic nitrogens is 2. The highest BCUT2D eigenvalue weighted by Crippen LogP contribution is 2.23. The van der Waals surface area contributed by atoms with Crippen molar-refractivity contribution in [2.24, 2.45) is 0 Å². The van der Waals surface area contributed by atoms with Crippen LogP contribution in [0.2, 0.25) is 0 Å². The first-order valence-electron chi connectivity index (χ1n) is 6.31. The molecule has 0 saturated carbocycles. The lowest BCUT2D eigenvalue weighted by Gasteiger charge is -2.06. The molecule has 2 heterocycles. The Bertz CT molecular complexity index is 548. The predicted molar refractivity (Wildman–Crippen MR) is 75.9 cm³/mol. The van der Waals surface area contributed by atoms with Gasteiger partial charge in [0.25, 0.3) is 0 Å². The molecule has 1 amide bonds. The summed E-state index contributed by atoms with van der Waals surface area (Å²) in [7, 11) is 0. The van der Waals surface area contributed by atoms with Gasteiger partial charge in [-0.3, -0.25) is 5.32 Å². The van der Waals surface area contributed by atoms with Crippen molar-refractivity contribution in [1.82, 2.24) is 9.78 Å². The number of hydrogen-bond donors (Lipinski definition) is 1. The molecule has 0 bridgehead atoms. The monoisotopic (exact) mass is 279 g/mol. The first-order chi connectivity index (χ1) is 9.22. The Hall–Kier alpha value is -1.82. The van der Waals surface area contributed by atoms with E-state index >= 15 is 0 Å². The summed E-state index contributed by atoms with van der Waals surface area (Å²) < 4.78 is 6.93. The summed E-state index contributed by atoms with van der Waals surface area (Å²) in [6.45, 7) is 4.78. The molecule has 6 heteroatoms. The van der Waals surface area contributed by atoms with Crippen LogP contribution in [0.15, 0.2) is 23.7 Å². The van der Waals surface area contributed by atoms with Crippen molar-refractivity contribution in [3.05, 3.63) is 28.6 Å². The van der Waals surface area contributed by atoms with Gasteiger partial charge in [0.2, 0.25) is 0 Å². The van der Waals surface area contributed by atoms with Crippen LogP contribution in [-0.4, -0.2) is 15.9 Å². The van der Waals surface area contributed by atoms with E-state index in [0.29, 0.717) is 18.1 Å². The second-order valence-electron chi connectivity index (χ2n) is 4.05. The summed E-state index contributed by atoms with van der Waals surface area (Å²) in [4.78, 5) is 13.0. The van der Waals surface area contributed by atoms with Crippen molar-refractivity contribution in [1.29, 1.82) is 0 Å². The molecule has 0 aliphatic heterocycles. The third-order valence-corrected chi connectivity index (χ3v) is 3.56. The molecular formula is C13H17N3O2S. The number of nitrogens with one attached hydrogen (secondary N) is 1. The number of thiophene rings is 1. The molecule has 1 N–H and O–H groups in total. The Kier molecular flexibility index (Phi) is 4.57. The summed E-state index contributed by atoms with van der Waals surface area (Å²) in [6.07, 6.45) is 3.25. The topological polar surface area (TPSA) is 56.1 Å². The lowest BCUT2D eigenvalue weighted by molar-refractivity contribution is 0.215. The Morgan fingerprint density at radius 3 is 3.11 bits per heavy atom. The first kappa shape index (κ1) is 13.6. The van der Waals surface area contributed by atoms with Crippen LogP contribution in [0, 0.1) is 0 Å². The van der Waals surface area contributed by atoms with Gasteiger partial charge < -0.3 is 4.74 Å². The minimum atomic E-state index is -0.490. The number of hydrogen-bond acceptors (Lipinski definition) is 4. The maximum atomic E-state index is 11.7. The maximum absolute atomic E-state index is 11.7. The Balaban J connectivity index is 1.93. The highest BCUT2D eigenvalue weighted by Gasteiger charge is 2.09. The molecule has 2 rings (SSSR count). The molecule has 102 valence electrons. The van der Waals surface area contributed by atoms with E-state index in [-0.39, 0.29) is 0 Å². The van der Waals surface area contributed by atoms with Crippen molar-refractivity contribution in [3.8, 4) is 5.75 Å². The van der Waals surface area contributed by atoms with Gasteiger partial charge >= 0.3 is 6.09 Å². The van der Waals surface area contributed by atoms with Crippen molar-refractivity contribution < 1.29 is 9.53 Å². The van der Waals surface area contributed by atoms with E-state index in [4.69, 9.17) is 4.74 Å². The fourth-order valence-electron chi connectivity index (χ4n) is 1.72. The average Bonchev–Trinajstić information content (AvgIpc) is 2.99. The van der Waals surface area contributed by atoms with E-state index in [1.807, 2.05) is 18.4 Å². The van der Waals surface area contributed by atoms with Crippen molar-refractivity contribution in [3.63, 3.8) is 0 Å². The van der Waals surface area contributed by atoms with Gasteiger partial charge in [0.05, 0.1) is 6.20 Å². The number of nitrogens with zero attached hydrogens (tertiary/aromatic N) is 2. The van der Waals surface area contributed by atoms with Gasteiger partial charge in [0, 0.05) is 22.9 Å². The van der Waals surface area contributed by atoms with Gasteiger partial charge in [0.15, 0.2) is 0 Å². The second-order valence-corrected chi connectivity index (χ2v) is 5.04. The fourth-order valence-corrected chi connectivity index (χ4v) is 2.61. The molecule has 0 aliphatic rings. The summed E-state index contributed by atoms with van der Waals surface area (Å²) in [5, 5.41) is 8.60. The van der Waals surface area contributed by atoms with Gasteiger partial charge in [-0.25, -0.2) is 9.48 Å². The van der Waals surface area contributed by atoms with Gasteiger partial charge in [-0.2, -0.15) is 5.10 Å². The van der Waals surface area contributed by atoms with Crippen LogP contribution in [0.4, 0.5) is 10.6 Å². The van der Waals surface area contributed by atoms with Gasteiger partial charge in [0.1, 0.15) is 11.6 Å². The molecule has 0 aliphatic carbocycles. The SMILES string of the molecule is CCCc1cc(OC(=O)Nc2ccnn2CC)cs1. The second kappa shape index (κ2) is 6.38. The number of aryl methyl sites for hydroxylation is 2. The van der Waals surface area contributed by atoms with E-state index in [1.54, 1.807) is 28.3 Å². The Morgan fingerprint density at radius 1 is 1.53 bits per heavy atom. The maximum Gasteiger partial charge on any atom is 0.418 e. The van der Waals surface area contributed by atoms with Crippen molar-refractivity contribution in [2.45, 2.75) is 33.2 Å². The fraction of sp³-hybridized carbons (Fsp3) is 0.385. The lowest BCUT2D eigenvalue weighted by Crippen LogP contribution is -2.19. The molecule has 5 nitrogen and oxygen atoms in total. The van der Waals surface area contributed by atoms with E-state index in [9.17, 15) is 4.79 Å². The van der Waals surface area contributed by atoms with Crippen LogP contribution in [-0.2, 0) is 13.0 Å². The van der Waals surface area contributed by atoms with Crippen LogP contribution in [0.1, 0.15) is 25.1 Å². The first-order valence-corrected chi connectivity index (χ1v) is 7.19. The number of carbonyl (C=O) groups is 1. The minimum Gasteiger partial charge on any atom is -0.409 e. The number of amides is 1. The highest BCUT2D eigenvalue weighted by atomic mass is 32.1. The predicted octanol–water partition coefficient (Wildman–Crippen LogP) is 3.53. The average molecular weight is 279 g/mol. The van der Waals surface area contributed by atoms with Crippen LogP contribution >= 0.6 is 11.3 Å². The smallest absolute Gasteiger partial charge is 0.409 e. The molecule has 0 fully saturated rings. The van der Waals surface area contributed by atoms with E-state index in [1.165, 1.54) is 4.88 Å². The van der Waals surface area contributed by atoms with E-state index in [0.717, 1.165) is 12.8 Å². The lowest BCUT2D eigenvalue weighted by atomic mass is 10.3. The standard InChI is InChI=1S/C13H17N3O2S/c1-3-5-11-8-10(9-19-11)18-13(17)15-12-6-7-14-16(12)4-2/h6-9H,3-5H2,1-2H3,(H,15,17). The van der Waals surface area contributed by atoms with Crippen molar-refractivity contribution in [2.75, 3.05) is 5.32 Å². The quantitative estimate of drug-likeness (QED) is 0.911. The number of anilines is 1. The van der Waals surface area contributed by atoms with E-state index < -0.39 is 6.09 Å². The Labute approximate surface area is 116 Å². The molecule has 0 saturated heterocycles. The van der Waals surface area contributed by atoms with Gasteiger partial charge in [-0.1, -0.05) is 13.3 Å². The van der Waals surface area contributed by atoms with Crippen LogP contribution in [0.25, 0.3) is 0 Å².